The molecule has 0 saturated heterocycles. The van der Waals surface area contributed by atoms with Crippen molar-refractivity contribution in [2.24, 2.45) is 0 Å². The number of nitrogen functional groups attached to an aromatic ring is 1. The van der Waals surface area contributed by atoms with Crippen molar-refractivity contribution in [1.29, 1.82) is 10.5 Å². The summed E-state index contributed by atoms with van der Waals surface area (Å²) in [7, 11) is 0. The van der Waals surface area contributed by atoms with Crippen LogP contribution in [0.1, 0.15) is 27.0 Å². The number of thioether (sulfide) groups is 2. The van der Waals surface area contributed by atoms with Gasteiger partial charge < -0.3 is 10.8 Å². The Balaban J connectivity index is 2.04. The summed E-state index contributed by atoms with van der Waals surface area (Å²) in [5, 5.41) is 29.0. The second kappa shape index (κ2) is 9.36. The molecule has 0 saturated carbocycles. The summed E-state index contributed by atoms with van der Waals surface area (Å²) in [6.07, 6.45) is 1.97. The maximum absolute atomic E-state index is 11.2. The molecular weight excluding hydrogens is 416 g/mol. The van der Waals surface area contributed by atoms with Gasteiger partial charge in [0.25, 0.3) is 0 Å². The van der Waals surface area contributed by atoms with Gasteiger partial charge in [-0.2, -0.15) is 10.5 Å². The molecule has 2 aromatic carbocycles. The van der Waals surface area contributed by atoms with Crippen molar-refractivity contribution in [1.82, 2.24) is 4.98 Å². The number of pyridine rings is 1. The average molecular weight is 433 g/mol. The highest BCUT2D eigenvalue weighted by atomic mass is 32.2. The van der Waals surface area contributed by atoms with Crippen molar-refractivity contribution in [2.45, 2.75) is 15.7 Å². The predicted octanol–water partition coefficient (Wildman–Crippen LogP) is 4.79. The third-order valence-electron chi connectivity index (χ3n) is 4.34. The van der Waals surface area contributed by atoms with Crippen molar-refractivity contribution in [3.8, 4) is 23.3 Å². The van der Waals surface area contributed by atoms with E-state index in [1.807, 2.05) is 30.5 Å². The summed E-state index contributed by atoms with van der Waals surface area (Å²) in [5.41, 5.74) is 8.63. The van der Waals surface area contributed by atoms with E-state index in [0.717, 1.165) is 10.5 Å². The Morgan fingerprint density at radius 2 is 1.83 bits per heavy atom. The van der Waals surface area contributed by atoms with Crippen LogP contribution in [0.25, 0.3) is 11.1 Å². The molecule has 0 bridgehead atoms. The highest BCUT2D eigenvalue weighted by molar-refractivity contribution is 7.98. The van der Waals surface area contributed by atoms with Crippen LogP contribution in [-0.4, -0.2) is 22.3 Å². The van der Waals surface area contributed by atoms with Gasteiger partial charge in [-0.25, -0.2) is 9.78 Å². The zero-order valence-electron chi connectivity index (χ0n) is 15.9. The van der Waals surface area contributed by atoms with Gasteiger partial charge in [0.2, 0.25) is 0 Å². The van der Waals surface area contributed by atoms with Crippen molar-refractivity contribution in [2.75, 3.05) is 12.0 Å². The Kier molecular flexibility index (Phi) is 6.63. The SMILES string of the molecule is CSc1ccc(-c2c(C#N)c(N)nc(SCc3cccc(C(=O)O)c3)c2C#N)cc1. The van der Waals surface area contributed by atoms with E-state index >= 15 is 0 Å². The number of nitrogens with zero attached hydrogens (tertiary/aromatic N) is 3. The van der Waals surface area contributed by atoms with Gasteiger partial charge in [-0.1, -0.05) is 24.3 Å². The van der Waals surface area contributed by atoms with Gasteiger partial charge in [0.15, 0.2) is 0 Å². The zero-order chi connectivity index (χ0) is 21.7. The second-order valence-corrected chi connectivity index (χ2v) is 8.02. The van der Waals surface area contributed by atoms with Crippen LogP contribution in [-0.2, 0) is 5.75 Å². The highest BCUT2D eigenvalue weighted by Crippen LogP contribution is 2.37. The van der Waals surface area contributed by atoms with Gasteiger partial charge >= 0.3 is 5.97 Å². The lowest BCUT2D eigenvalue weighted by Crippen LogP contribution is -2.03. The van der Waals surface area contributed by atoms with E-state index in [1.54, 1.807) is 30.0 Å². The van der Waals surface area contributed by atoms with Crippen LogP contribution in [0.4, 0.5) is 5.82 Å². The first kappa shape index (κ1) is 21.3. The lowest BCUT2D eigenvalue weighted by atomic mass is 9.97. The third-order valence-corrected chi connectivity index (χ3v) is 6.13. The van der Waals surface area contributed by atoms with Crippen LogP contribution in [0, 0.1) is 22.7 Å². The van der Waals surface area contributed by atoms with E-state index in [-0.39, 0.29) is 22.5 Å². The van der Waals surface area contributed by atoms with Gasteiger partial charge in [0, 0.05) is 16.2 Å². The number of nitriles is 2. The minimum atomic E-state index is -1.00. The van der Waals surface area contributed by atoms with E-state index in [2.05, 4.69) is 17.1 Å². The number of aromatic carboxylic acids is 1. The highest BCUT2D eigenvalue weighted by Gasteiger charge is 2.20. The first-order valence-corrected chi connectivity index (χ1v) is 10.9. The smallest absolute Gasteiger partial charge is 0.335 e. The molecule has 0 fully saturated rings. The van der Waals surface area contributed by atoms with Crippen LogP contribution >= 0.6 is 23.5 Å². The molecule has 8 heteroatoms. The van der Waals surface area contributed by atoms with E-state index in [1.165, 1.54) is 17.8 Å². The van der Waals surface area contributed by atoms with Crippen molar-refractivity contribution in [3.05, 3.63) is 70.8 Å². The maximum Gasteiger partial charge on any atom is 0.335 e. The topological polar surface area (TPSA) is 124 Å². The first-order chi connectivity index (χ1) is 14.5. The lowest BCUT2D eigenvalue weighted by molar-refractivity contribution is 0.0696. The van der Waals surface area contributed by atoms with Crippen molar-refractivity contribution in [3.63, 3.8) is 0 Å². The molecule has 30 heavy (non-hydrogen) atoms. The molecule has 0 amide bonds. The molecule has 0 atom stereocenters. The van der Waals surface area contributed by atoms with Crippen LogP contribution in [0.2, 0.25) is 0 Å². The standard InChI is InChI=1S/C22H16N4O2S2/c1-29-16-7-5-14(6-8-16)19-17(10-23)20(25)26-21(18(19)11-24)30-12-13-3-2-4-15(9-13)22(27)28/h2-9H,12H2,1H3,(H2,25,26)(H,27,28). The fourth-order valence-electron chi connectivity index (χ4n) is 2.89. The monoisotopic (exact) mass is 432 g/mol. The molecule has 3 rings (SSSR count). The molecule has 6 nitrogen and oxygen atoms in total. The molecule has 3 N–H and O–H groups in total. The van der Waals surface area contributed by atoms with Crippen molar-refractivity contribution < 1.29 is 9.90 Å². The van der Waals surface area contributed by atoms with Crippen molar-refractivity contribution >= 4 is 35.3 Å². The molecule has 0 aliphatic heterocycles. The van der Waals surface area contributed by atoms with E-state index in [9.17, 15) is 15.3 Å². The van der Waals surface area contributed by atoms with E-state index in [0.29, 0.717) is 21.9 Å². The molecule has 0 unspecified atom stereocenters. The Morgan fingerprint density at radius 3 is 2.43 bits per heavy atom. The molecule has 1 heterocycles. The fraction of sp³-hybridized carbons (Fsp3) is 0.0909. The van der Waals surface area contributed by atoms with Crippen LogP contribution in [0.5, 0.6) is 0 Å². The number of hydrogen-bond donors (Lipinski definition) is 2. The van der Waals surface area contributed by atoms with Gasteiger partial charge in [0.05, 0.1) is 11.1 Å². The number of hydrogen-bond acceptors (Lipinski definition) is 7. The number of carboxylic acids is 1. The van der Waals surface area contributed by atoms with E-state index in [4.69, 9.17) is 10.8 Å². The number of rotatable bonds is 6. The third kappa shape index (κ3) is 4.41. The number of anilines is 1. The zero-order valence-corrected chi connectivity index (χ0v) is 17.5. The summed E-state index contributed by atoms with van der Waals surface area (Å²) >= 11 is 2.87. The molecule has 0 aliphatic rings. The number of nitrogens with two attached hydrogens (primary N) is 1. The Labute approximate surface area is 182 Å². The molecular formula is C22H16N4O2S2. The maximum atomic E-state index is 11.2. The average Bonchev–Trinajstić information content (AvgIpc) is 2.77. The minimum absolute atomic E-state index is 0.0576. The summed E-state index contributed by atoms with van der Waals surface area (Å²) < 4.78 is 0. The van der Waals surface area contributed by atoms with Gasteiger partial charge in [0.1, 0.15) is 28.5 Å². The van der Waals surface area contributed by atoms with Crippen LogP contribution in [0.3, 0.4) is 0 Å². The number of benzene rings is 2. The second-order valence-electron chi connectivity index (χ2n) is 6.17. The normalized spacial score (nSPS) is 10.2. The first-order valence-electron chi connectivity index (χ1n) is 8.71. The van der Waals surface area contributed by atoms with Gasteiger partial charge in [-0.05, 0) is 41.6 Å². The summed E-state index contributed by atoms with van der Waals surface area (Å²) in [6.45, 7) is 0. The van der Waals surface area contributed by atoms with E-state index < -0.39 is 5.97 Å². The number of carboxylic acid groups (broad SMARTS) is 1. The summed E-state index contributed by atoms with van der Waals surface area (Å²) in [6, 6.07) is 18.4. The molecule has 3 aromatic rings. The fourth-order valence-corrected chi connectivity index (χ4v) is 4.24. The van der Waals surface area contributed by atoms with Crippen LogP contribution < -0.4 is 5.73 Å². The predicted molar refractivity (Wildman–Crippen MR) is 118 cm³/mol. The molecule has 1 aromatic heterocycles. The number of carbonyl (C=O) groups is 1. The minimum Gasteiger partial charge on any atom is -0.478 e. The Morgan fingerprint density at radius 1 is 1.13 bits per heavy atom. The van der Waals surface area contributed by atoms with Gasteiger partial charge in [-0.15, -0.1) is 23.5 Å². The lowest BCUT2D eigenvalue weighted by Gasteiger charge is -2.13. The largest absolute Gasteiger partial charge is 0.478 e. The Hall–Kier alpha value is -3.46. The summed E-state index contributed by atoms with van der Waals surface area (Å²) in [4.78, 5) is 16.5. The van der Waals surface area contributed by atoms with Crippen LogP contribution in [0.15, 0.2) is 58.5 Å². The molecule has 0 spiro atoms. The quantitative estimate of drug-likeness (QED) is 0.533. The molecule has 148 valence electrons. The molecule has 0 radical (unpaired) electrons. The van der Waals surface area contributed by atoms with Gasteiger partial charge in [-0.3, -0.25) is 0 Å². The Bertz CT molecular complexity index is 1200. The number of aromatic nitrogens is 1. The molecule has 0 aliphatic carbocycles. The summed E-state index contributed by atoms with van der Waals surface area (Å²) in [5.74, 6) is -0.544.